The van der Waals surface area contributed by atoms with Gasteiger partial charge in [0, 0.05) is 6.42 Å². The third-order valence-electron chi connectivity index (χ3n) is 4.64. The van der Waals surface area contributed by atoms with Crippen molar-refractivity contribution in [3.05, 3.63) is 35.9 Å². The van der Waals surface area contributed by atoms with Crippen molar-refractivity contribution in [3.63, 3.8) is 0 Å². The molecule has 0 aliphatic carbocycles. The van der Waals surface area contributed by atoms with Gasteiger partial charge in [-0.25, -0.2) is 4.79 Å². The maximum absolute atomic E-state index is 12.4. The molecule has 0 radical (unpaired) electrons. The van der Waals surface area contributed by atoms with Crippen LogP contribution in [0.1, 0.15) is 66.4 Å². The summed E-state index contributed by atoms with van der Waals surface area (Å²) < 4.78 is 5.25. The number of aryl methyl sites for hydroxylation is 1. The predicted octanol–water partition coefficient (Wildman–Crippen LogP) is 1.74. The Morgan fingerprint density at radius 3 is 2.05 bits per heavy atom. The van der Waals surface area contributed by atoms with Crippen molar-refractivity contribution in [1.29, 1.82) is 0 Å². The predicted molar refractivity (Wildman–Crippen MR) is 145 cm³/mol. The van der Waals surface area contributed by atoms with Crippen molar-refractivity contribution in [2.24, 2.45) is 11.7 Å². The molecule has 2 unspecified atom stereocenters. The summed E-state index contributed by atoms with van der Waals surface area (Å²) in [6, 6.07) is 8.30. The number of benzene rings is 1. The second kappa shape index (κ2) is 17.6. The third kappa shape index (κ3) is 17.5. The lowest BCUT2D eigenvalue weighted by Crippen LogP contribution is -2.51. The number of primary amides is 1. The molecule has 0 fully saturated rings. The fourth-order valence-corrected chi connectivity index (χ4v) is 2.99. The molecule has 1 aromatic carbocycles. The van der Waals surface area contributed by atoms with Crippen molar-refractivity contribution >= 4 is 29.6 Å². The van der Waals surface area contributed by atoms with Crippen LogP contribution in [0.3, 0.4) is 0 Å². The van der Waals surface area contributed by atoms with E-state index in [1.807, 2.05) is 32.0 Å². The summed E-state index contributed by atoms with van der Waals surface area (Å²) in [5, 5.41) is 7.39. The topological polar surface area (TPSA) is 157 Å². The van der Waals surface area contributed by atoms with Crippen LogP contribution in [0.4, 0.5) is 0 Å². The molecule has 0 aromatic heterocycles. The van der Waals surface area contributed by atoms with E-state index in [4.69, 9.17) is 10.5 Å². The van der Waals surface area contributed by atoms with E-state index in [9.17, 15) is 24.0 Å². The van der Waals surface area contributed by atoms with Crippen molar-refractivity contribution in [2.75, 3.05) is 6.54 Å². The van der Waals surface area contributed by atoms with Gasteiger partial charge in [-0.1, -0.05) is 55.7 Å². The standard InChI is InChI=1S/C21H34N4O6.C7H8/c1-7-8-17(27)25-15(11-13(2)3)19(29)23-12-18(28)24-14(9-10-16(22)26)20(30)31-21(4,5)6;1-7-5-3-2-4-6-7/h13-15H,9-12H2,1-6H3,(H2,22,26)(H,23,29)(H,24,28)(H,25,27);2-6H,1H3. The molecule has 2 atom stereocenters. The monoisotopic (exact) mass is 530 g/mol. The van der Waals surface area contributed by atoms with E-state index in [2.05, 4.69) is 46.8 Å². The van der Waals surface area contributed by atoms with Gasteiger partial charge in [-0.05, 0) is 59.3 Å². The molecule has 0 aliphatic heterocycles. The quantitative estimate of drug-likeness (QED) is 0.252. The van der Waals surface area contributed by atoms with Crippen LogP contribution >= 0.6 is 0 Å². The fraction of sp³-hybridized carbons (Fsp3) is 0.536. The normalized spacial score (nSPS) is 11.9. The molecule has 10 heteroatoms. The number of amides is 4. The molecule has 1 rings (SSSR count). The largest absolute Gasteiger partial charge is 0.458 e. The van der Waals surface area contributed by atoms with E-state index in [1.54, 1.807) is 20.8 Å². The summed E-state index contributed by atoms with van der Waals surface area (Å²) >= 11 is 0. The Balaban J connectivity index is 0.00000167. The molecule has 5 N–H and O–H groups in total. The van der Waals surface area contributed by atoms with Crippen LogP contribution in [-0.2, 0) is 28.7 Å². The summed E-state index contributed by atoms with van der Waals surface area (Å²) in [6.45, 7) is 11.9. The van der Waals surface area contributed by atoms with Gasteiger partial charge in [0.1, 0.15) is 17.7 Å². The van der Waals surface area contributed by atoms with Crippen LogP contribution in [-0.4, -0.2) is 53.8 Å². The minimum atomic E-state index is -1.10. The molecule has 4 amide bonds. The van der Waals surface area contributed by atoms with Crippen molar-refractivity contribution < 1.29 is 28.7 Å². The van der Waals surface area contributed by atoms with Gasteiger partial charge in [0.15, 0.2) is 0 Å². The first-order chi connectivity index (χ1) is 17.6. The van der Waals surface area contributed by atoms with Crippen LogP contribution in [0.15, 0.2) is 30.3 Å². The summed E-state index contributed by atoms with van der Waals surface area (Å²) in [4.78, 5) is 59.8. The Kier molecular flexibility index (Phi) is 15.8. The van der Waals surface area contributed by atoms with E-state index in [-0.39, 0.29) is 18.8 Å². The zero-order valence-electron chi connectivity index (χ0n) is 23.5. The zero-order chi connectivity index (χ0) is 29.3. The van der Waals surface area contributed by atoms with Crippen LogP contribution in [0.2, 0.25) is 0 Å². The first kappa shape index (κ1) is 34.1. The highest BCUT2D eigenvalue weighted by Gasteiger charge is 2.28. The molecular weight excluding hydrogens is 488 g/mol. The highest BCUT2D eigenvalue weighted by atomic mass is 16.6. The number of ether oxygens (including phenoxy) is 1. The maximum Gasteiger partial charge on any atom is 0.329 e. The van der Waals surface area contributed by atoms with Crippen LogP contribution in [0.25, 0.3) is 0 Å². The number of rotatable bonds is 11. The number of hydrogen-bond donors (Lipinski definition) is 4. The second-order valence-corrected chi connectivity index (χ2v) is 10.1. The van der Waals surface area contributed by atoms with Crippen LogP contribution < -0.4 is 21.7 Å². The molecule has 38 heavy (non-hydrogen) atoms. The minimum Gasteiger partial charge on any atom is -0.458 e. The molecular formula is C28H42N4O6. The first-order valence-corrected chi connectivity index (χ1v) is 12.5. The highest BCUT2D eigenvalue weighted by molar-refractivity contribution is 5.97. The van der Waals surface area contributed by atoms with Crippen LogP contribution in [0.5, 0.6) is 0 Å². The number of carbonyl (C=O) groups excluding carboxylic acids is 5. The summed E-state index contributed by atoms with van der Waals surface area (Å²) in [5.74, 6) is 1.71. The lowest BCUT2D eigenvalue weighted by Gasteiger charge is -2.24. The molecule has 0 saturated carbocycles. The van der Waals surface area contributed by atoms with E-state index in [0.29, 0.717) is 6.42 Å². The molecule has 0 heterocycles. The van der Waals surface area contributed by atoms with Crippen molar-refractivity contribution in [1.82, 2.24) is 16.0 Å². The minimum absolute atomic E-state index is 0.0361. The number of nitrogens with one attached hydrogen (secondary N) is 3. The summed E-state index contributed by atoms with van der Waals surface area (Å²) in [5.41, 5.74) is 5.66. The average molecular weight is 531 g/mol. The van der Waals surface area contributed by atoms with Gasteiger partial charge in [-0.2, -0.15) is 0 Å². The maximum atomic E-state index is 12.4. The highest BCUT2D eigenvalue weighted by Crippen LogP contribution is 2.11. The Labute approximate surface area is 225 Å². The number of carbonyl (C=O) groups is 5. The van der Waals surface area contributed by atoms with Crippen molar-refractivity contribution in [3.8, 4) is 11.8 Å². The Morgan fingerprint density at radius 2 is 1.61 bits per heavy atom. The molecule has 10 nitrogen and oxygen atoms in total. The van der Waals surface area contributed by atoms with Crippen LogP contribution in [0, 0.1) is 24.7 Å². The molecule has 0 aliphatic rings. The average Bonchev–Trinajstić information content (AvgIpc) is 2.79. The first-order valence-electron chi connectivity index (χ1n) is 12.5. The molecule has 0 bridgehead atoms. The number of hydrogen-bond acceptors (Lipinski definition) is 6. The van der Waals surface area contributed by atoms with Gasteiger partial charge >= 0.3 is 5.97 Å². The molecule has 0 spiro atoms. The fourth-order valence-electron chi connectivity index (χ4n) is 2.99. The SMILES string of the molecule is CC#CC(=O)NC(CC(C)C)C(=O)NCC(=O)NC(CCC(N)=O)C(=O)OC(C)(C)C.Cc1ccccc1. The van der Waals surface area contributed by atoms with E-state index in [1.165, 1.54) is 12.5 Å². The smallest absolute Gasteiger partial charge is 0.329 e. The van der Waals surface area contributed by atoms with Gasteiger partial charge in [0.05, 0.1) is 6.54 Å². The van der Waals surface area contributed by atoms with Gasteiger partial charge in [-0.15, -0.1) is 0 Å². The van der Waals surface area contributed by atoms with Gasteiger partial charge in [0.2, 0.25) is 17.7 Å². The zero-order valence-corrected chi connectivity index (χ0v) is 23.5. The number of nitrogens with two attached hydrogens (primary N) is 1. The number of esters is 1. The Bertz CT molecular complexity index is 990. The van der Waals surface area contributed by atoms with Crippen molar-refractivity contribution in [2.45, 2.75) is 85.4 Å². The lowest BCUT2D eigenvalue weighted by molar-refractivity contribution is -0.158. The van der Waals surface area contributed by atoms with E-state index in [0.717, 1.165) is 0 Å². The second-order valence-electron chi connectivity index (χ2n) is 10.1. The molecule has 210 valence electrons. The summed E-state index contributed by atoms with van der Waals surface area (Å²) in [7, 11) is 0. The van der Waals surface area contributed by atoms with E-state index >= 15 is 0 Å². The Morgan fingerprint density at radius 1 is 1.00 bits per heavy atom. The van der Waals surface area contributed by atoms with Gasteiger partial charge in [0.25, 0.3) is 5.91 Å². The molecule has 0 saturated heterocycles. The van der Waals surface area contributed by atoms with Gasteiger partial charge < -0.3 is 26.4 Å². The van der Waals surface area contributed by atoms with Gasteiger partial charge in [-0.3, -0.25) is 19.2 Å². The lowest BCUT2D eigenvalue weighted by atomic mass is 10.0. The third-order valence-corrected chi connectivity index (χ3v) is 4.64. The molecule has 1 aromatic rings. The van der Waals surface area contributed by atoms with E-state index < -0.39 is 53.8 Å². The summed E-state index contributed by atoms with van der Waals surface area (Å²) in [6.07, 6.45) is 0.187. The Hall–Kier alpha value is -3.87.